The Balaban J connectivity index is 2.45. The molecule has 0 saturated carbocycles. The van der Waals surface area contributed by atoms with E-state index >= 15 is 0 Å². The number of aliphatic carboxylic acids is 1. The Bertz CT molecular complexity index is 514. The van der Waals surface area contributed by atoms with Crippen LogP contribution in [0.4, 0.5) is 5.69 Å². The maximum absolute atomic E-state index is 11.9. The summed E-state index contributed by atoms with van der Waals surface area (Å²) < 4.78 is 10.4. The summed E-state index contributed by atoms with van der Waals surface area (Å²) in [6.07, 6.45) is 0.326. The lowest BCUT2D eigenvalue weighted by Gasteiger charge is -2.33. The third kappa shape index (κ3) is 2.33. The molecule has 0 radical (unpaired) electrons. The molecule has 0 fully saturated rings. The summed E-state index contributed by atoms with van der Waals surface area (Å²) in [6, 6.07) is 4.06. The van der Waals surface area contributed by atoms with Gasteiger partial charge in [0.25, 0.3) is 5.91 Å². The summed E-state index contributed by atoms with van der Waals surface area (Å²) in [5, 5.41) is 9.21. The summed E-state index contributed by atoms with van der Waals surface area (Å²) in [7, 11) is 1.53. The van der Waals surface area contributed by atoms with Gasteiger partial charge in [-0.15, -0.1) is 0 Å². The predicted octanol–water partition coefficient (Wildman–Crippen LogP) is 1.28. The zero-order chi connectivity index (χ0) is 14.0. The lowest BCUT2D eigenvalue weighted by molar-refractivity contribution is -0.140. The van der Waals surface area contributed by atoms with Crippen molar-refractivity contribution in [3.63, 3.8) is 0 Å². The van der Waals surface area contributed by atoms with E-state index in [-0.39, 0.29) is 12.5 Å². The van der Waals surface area contributed by atoms with Gasteiger partial charge in [0.1, 0.15) is 17.5 Å². The largest absolute Gasteiger partial charge is 0.497 e. The molecule has 102 valence electrons. The molecule has 1 unspecified atom stereocenters. The van der Waals surface area contributed by atoms with Crippen LogP contribution in [0, 0.1) is 0 Å². The molecule has 19 heavy (non-hydrogen) atoms. The fourth-order valence-electron chi connectivity index (χ4n) is 2.09. The smallest absolute Gasteiger partial charge is 0.326 e. The van der Waals surface area contributed by atoms with E-state index in [1.807, 2.05) is 0 Å². The SMILES string of the molecule is CCC(C(=O)O)N1C(=O)COc2cc(OC)ccc21. The molecule has 1 N–H and O–H groups in total. The van der Waals surface area contributed by atoms with Crippen molar-refractivity contribution in [3.05, 3.63) is 18.2 Å². The lowest BCUT2D eigenvalue weighted by atomic mass is 10.1. The second-order valence-electron chi connectivity index (χ2n) is 4.15. The normalized spacial score (nSPS) is 15.5. The Morgan fingerprint density at radius 3 is 2.89 bits per heavy atom. The monoisotopic (exact) mass is 265 g/mol. The van der Waals surface area contributed by atoms with Gasteiger partial charge in [0.2, 0.25) is 0 Å². The number of benzene rings is 1. The molecule has 6 nitrogen and oxygen atoms in total. The first-order chi connectivity index (χ1) is 9.08. The second kappa shape index (κ2) is 5.17. The van der Waals surface area contributed by atoms with Gasteiger partial charge in [-0.2, -0.15) is 0 Å². The van der Waals surface area contributed by atoms with Gasteiger partial charge in [0.05, 0.1) is 12.8 Å². The van der Waals surface area contributed by atoms with Crippen LogP contribution in [-0.4, -0.2) is 36.7 Å². The lowest BCUT2D eigenvalue weighted by Crippen LogP contribution is -2.49. The van der Waals surface area contributed by atoms with E-state index in [9.17, 15) is 14.7 Å². The maximum Gasteiger partial charge on any atom is 0.326 e. The highest BCUT2D eigenvalue weighted by Crippen LogP contribution is 2.36. The third-order valence-electron chi connectivity index (χ3n) is 3.03. The molecule has 1 heterocycles. The van der Waals surface area contributed by atoms with E-state index in [4.69, 9.17) is 9.47 Å². The van der Waals surface area contributed by atoms with Crippen LogP contribution >= 0.6 is 0 Å². The predicted molar refractivity (Wildman–Crippen MR) is 67.7 cm³/mol. The number of carbonyl (C=O) groups is 2. The molecular weight excluding hydrogens is 250 g/mol. The first-order valence-electron chi connectivity index (χ1n) is 5.94. The van der Waals surface area contributed by atoms with Crippen molar-refractivity contribution in [2.24, 2.45) is 0 Å². The topological polar surface area (TPSA) is 76.1 Å². The highest BCUT2D eigenvalue weighted by molar-refractivity contribution is 6.02. The number of anilines is 1. The third-order valence-corrected chi connectivity index (χ3v) is 3.03. The Kier molecular flexibility index (Phi) is 3.59. The fourth-order valence-corrected chi connectivity index (χ4v) is 2.09. The molecule has 1 aliphatic heterocycles. The molecule has 2 rings (SSSR count). The van der Waals surface area contributed by atoms with Gasteiger partial charge in [-0.25, -0.2) is 4.79 Å². The Morgan fingerprint density at radius 1 is 1.58 bits per heavy atom. The van der Waals surface area contributed by atoms with E-state index in [0.29, 0.717) is 23.6 Å². The summed E-state index contributed by atoms with van der Waals surface area (Å²) in [4.78, 5) is 24.4. The van der Waals surface area contributed by atoms with E-state index in [1.54, 1.807) is 25.1 Å². The summed E-state index contributed by atoms with van der Waals surface area (Å²) in [6.45, 7) is 1.56. The first kappa shape index (κ1) is 13.2. The van der Waals surface area contributed by atoms with E-state index in [0.717, 1.165) is 0 Å². The van der Waals surface area contributed by atoms with Crippen molar-refractivity contribution < 1.29 is 24.2 Å². The van der Waals surface area contributed by atoms with Crippen LogP contribution in [0.3, 0.4) is 0 Å². The molecule has 6 heteroatoms. The number of carboxylic acid groups (broad SMARTS) is 1. The number of hydrogen-bond donors (Lipinski definition) is 1. The van der Waals surface area contributed by atoms with E-state index < -0.39 is 12.0 Å². The average molecular weight is 265 g/mol. The highest BCUT2D eigenvalue weighted by atomic mass is 16.5. The molecule has 1 atom stereocenters. The number of methoxy groups -OCH3 is 1. The maximum atomic E-state index is 11.9. The standard InChI is InChI=1S/C13H15NO5/c1-3-9(13(16)17)14-10-5-4-8(18-2)6-11(10)19-7-12(14)15/h4-6,9H,3,7H2,1-2H3,(H,16,17). The number of fused-ring (bicyclic) bond motifs is 1. The molecule has 0 bridgehead atoms. The zero-order valence-corrected chi connectivity index (χ0v) is 10.8. The summed E-state index contributed by atoms with van der Waals surface area (Å²) >= 11 is 0. The number of hydrogen-bond acceptors (Lipinski definition) is 4. The number of rotatable bonds is 4. The van der Waals surface area contributed by atoms with Gasteiger partial charge >= 0.3 is 5.97 Å². The van der Waals surface area contributed by atoms with Gasteiger partial charge in [-0.3, -0.25) is 9.69 Å². The molecular formula is C13H15NO5. The second-order valence-corrected chi connectivity index (χ2v) is 4.15. The number of ether oxygens (including phenoxy) is 2. The van der Waals surface area contributed by atoms with Gasteiger partial charge in [0.15, 0.2) is 6.61 Å². The van der Waals surface area contributed by atoms with Gasteiger partial charge < -0.3 is 14.6 Å². The van der Waals surface area contributed by atoms with Gasteiger partial charge in [-0.05, 0) is 18.6 Å². The molecule has 1 aromatic rings. The Morgan fingerprint density at radius 2 is 2.32 bits per heavy atom. The van der Waals surface area contributed by atoms with Crippen LogP contribution in [-0.2, 0) is 9.59 Å². The molecule has 0 aliphatic carbocycles. The van der Waals surface area contributed by atoms with Crippen LogP contribution in [0.5, 0.6) is 11.5 Å². The number of carboxylic acids is 1. The minimum atomic E-state index is -1.03. The number of carbonyl (C=O) groups excluding carboxylic acids is 1. The zero-order valence-electron chi connectivity index (χ0n) is 10.8. The average Bonchev–Trinajstić information content (AvgIpc) is 2.41. The minimum Gasteiger partial charge on any atom is -0.497 e. The van der Waals surface area contributed by atoms with E-state index in [1.165, 1.54) is 12.0 Å². The molecule has 0 saturated heterocycles. The van der Waals surface area contributed by atoms with Crippen LogP contribution in [0.15, 0.2) is 18.2 Å². The van der Waals surface area contributed by atoms with Gasteiger partial charge in [0, 0.05) is 6.07 Å². The van der Waals surface area contributed by atoms with Crippen LogP contribution in [0.25, 0.3) is 0 Å². The highest BCUT2D eigenvalue weighted by Gasteiger charge is 2.34. The first-order valence-corrected chi connectivity index (χ1v) is 5.94. The van der Waals surface area contributed by atoms with Crippen LogP contribution < -0.4 is 14.4 Å². The molecule has 1 aromatic carbocycles. The Labute approximate surface area is 110 Å². The molecule has 0 spiro atoms. The van der Waals surface area contributed by atoms with Crippen LogP contribution in [0.2, 0.25) is 0 Å². The van der Waals surface area contributed by atoms with Crippen LogP contribution in [0.1, 0.15) is 13.3 Å². The number of nitrogens with zero attached hydrogens (tertiary/aromatic N) is 1. The van der Waals surface area contributed by atoms with Crippen molar-refractivity contribution in [1.29, 1.82) is 0 Å². The molecule has 0 aromatic heterocycles. The van der Waals surface area contributed by atoms with Crippen molar-refractivity contribution in [2.45, 2.75) is 19.4 Å². The van der Waals surface area contributed by atoms with Crippen molar-refractivity contribution in [3.8, 4) is 11.5 Å². The van der Waals surface area contributed by atoms with E-state index in [2.05, 4.69) is 0 Å². The number of amides is 1. The van der Waals surface area contributed by atoms with Gasteiger partial charge in [-0.1, -0.05) is 6.92 Å². The van der Waals surface area contributed by atoms with Crippen molar-refractivity contribution >= 4 is 17.6 Å². The summed E-state index contributed by atoms with van der Waals surface area (Å²) in [5.41, 5.74) is 0.464. The quantitative estimate of drug-likeness (QED) is 0.887. The van der Waals surface area contributed by atoms with Crippen molar-refractivity contribution in [1.82, 2.24) is 0 Å². The molecule has 1 amide bonds. The summed E-state index contributed by atoms with van der Waals surface area (Å²) in [5.74, 6) is -0.332. The Hall–Kier alpha value is -2.24. The minimum absolute atomic E-state index is 0.163. The molecule has 1 aliphatic rings. The fraction of sp³-hybridized carbons (Fsp3) is 0.385. The van der Waals surface area contributed by atoms with Crippen molar-refractivity contribution in [2.75, 3.05) is 18.6 Å².